The van der Waals surface area contributed by atoms with Crippen molar-refractivity contribution < 1.29 is 13.9 Å². The van der Waals surface area contributed by atoms with E-state index in [1.54, 1.807) is 20.8 Å². The molecule has 88 valence electrons. The Bertz CT molecular complexity index is 227. The van der Waals surface area contributed by atoms with Crippen molar-refractivity contribution in [2.75, 3.05) is 0 Å². The maximum Gasteiger partial charge on any atom is 0.309 e. The summed E-state index contributed by atoms with van der Waals surface area (Å²) in [6.07, 6.45) is 0.184. The van der Waals surface area contributed by atoms with E-state index in [0.717, 1.165) is 0 Å². The largest absolute Gasteiger partial charge is 0.460 e. The van der Waals surface area contributed by atoms with Crippen LogP contribution in [0.3, 0.4) is 0 Å². The second-order valence-corrected chi connectivity index (χ2v) is 5.29. The highest BCUT2D eigenvalue weighted by Crippen LogP contribution is 2.28. The Hall–Kier alpha value is -0.640. The van der Waals surface area contributed by atoms with Crippen LogP contribution in [0.2, 0.25) is 0 Å². The molecule has 2 N–H and O–H groups in total. The number of hydrogen-bond acceptors (Lipinski definition) is 3. The molecule has 1 aliphatic carbocycles. The fraction of sp³-hybridized carbons (Fsp3) is 0.909. The topological polar surface area (TPSA) is 52.3 Å². The Balaban J connectivity index is 2.52. The summed E-state index contributed by atoms with van der Waals surface area (Å²) in [6, 6.07) is -0.216. The lowest BCUT2D eigenvalue weighted by Gasteiger charge is -2.30. The zero-order chi connectivity index (χ0) is 11.6. The van der Waals surface area contributed by atoms with E-state index < -0.39 is 11.8 Å². The van der Waals surface area contributed by atoms with Crippen LogP contribution in [-0.2, 0) is 9.53 Å². The van der Waals surface area contributed by atoms with Crippen LogP contribution in [-0.4, -0.2) is 23.8 Å². The molecule has 1 aliphatic rings. The standard InChI is InChI=1S/C11H20FNO2/c1-11(2,3)15-10(14)7-4-8(12)6-9(13)5-7/h7-9H,4-6,13H2,1-3H3/t7?,8-,9+/m1/s1. The highest BCUT2D eigenvalue weighted by Gasteiger charge is 2.33. The number of carbonyl (C=O) groups is 1. The number of carbonyl (C=O) groups excluding carboxylic acids is 1. The molecule has 0 aromatic rings. The summed E-state index contributed by atoms with van der Waals surface area (Å²) in [5.74, 6) is -0.691. The quantitative estimate of drug-likeness (QED) is 0.681. The van der Waals surface area contributed by atoms with Crippen molar-refractivity contribution >= 4 is 5.97 Å². The van der Waals surface area contributed by atoms with E-state index in [0.29, 0.717) is 12.8 Å². The van der Waals surface area contributed by atoms with Gasteiger partial charge in [0.25, 0.3) is 0 Å². The number of halogens is 1. The van der Waals surface area contributed by atoms with Crippen molar-refractivity contribution in [2.24, 2.45) is 11.7 Å². The molecular formula is C11H20FNO2. The van der Waals surface area contributed by atoms with Gasteiger partial charge in [-0.15, -0.1) is 0 Å². The molecule has 0 saturated heterocycles. The Morgan fingerprint density at radius 1 is 1.33 bits per heavy atom. The van der Waals surface area contributed by atoms with Gasteiger partial charge in [-0.25, -0.2) is 4.39 Å². The Kier molecular flexibility index (Phi) is 3.71. The average Bonchev–Trinajstić information content (AvgIpc) is 1.98. The summed E-state index contributed by atoms with van der Waals surface area (Å²) in [4.78, 5) is 11.7. The van der Waals surface area contributed by atoms with Crippen molar-refractivity contribution in [1.29, 1.82) is 0 Å². The van der Waals surface area contributed by atoms with Gasteiger partial charge in [-0.3, -0.25) is 4.79 Å². The van der Waals surface area contributed by atoms with Crippen molar-refractivity contribution in [1.82, 2.24) is 0 Å². The minimum absolute atomic E-state index is 0.216. The molecule has 1 saturated carbocycles. The molecular weight excluding hydrogens is 197 g/mol. The van der Waals surface area contributed by atoms with Gasteiger partial charge in [-0.05, 0) is 40.0 Å². The smallest absolute Gasteiger partial charge is 0.309 e. The first-order chi connectivity index (χ1) is 6.78. The summed E-state index contributed by atoms with van der Waals surface area (Å²) in [7, 11) is 0. The van der Waals surface area contributed by atoms with Crippen LogP contribution in [0.4, 0.5) is 4.39 Å². The molecule has 0 amide bonds. The van der Waals surface area contributed by atoms with Crippen molar-refractivity contribution in [3.63, 3.8) is 0 Å². The minimum Gasteiger partial charge on any atom is -0.460 e. The highest BCUT2D eigenvalue weighted by atomic mass is 19.1. The molecule has 3 nitrogen and oxygen atoms in total. The SMILES string of the molecule is CC(C)(C)OC(=O)C1C[C@H](N)C[C@H](F)C1. The first-order valence-corrected chi connectivity index (χ1v) is 5.40. The third-order valence-corrected chi connectivity index (χ3v) is 2.43. The zero-order valence-corrected chi connectivity index (χ0v) is 9.63. The Morgan fingerprint density at radius 3 is 2.40 bits per heavy atom. The van der Waals surface area contributed by atoms with Gasteiger partial charge in [0.05, 0.1) is 5.92 Å². The van der Waals surface area contributed by atoms with Crippen LogP contribution >= 0.6 is 0 Å². The Morgan fingerprint density at radius 2 is 1.93 bits per heavy atom. The van der Waals surface area contributed by atoms with E-state index in [2.05, 4.69) is 0 Å². The summed E-state index contributed by atoms with van der Waals surface area (Å²) in [5.41, 5.74) is 5.16. The molecule has 15 heavy (non-hydrogen) atoms. The lowest BCUT2D eigenvalue weighted by atomic mass is 9.85. The Labute approximate surface area is 90.2 Å². The fourth-order valence-corrected chi connectivity index (χ4v) is 1.87. The fourth-order valence-electron chi connectivity index (χ4n) is 1.87. The van der Waals surface area contributed by atoms with Crippen LogP contribution in [0.15, 0.2) is 0 Å². The van der Waals surface area contributed by atoms with Gasteiger partial charge in [0.1, 0.15) is 11.8 Å². The zero-order valence-electron chi connectivity index (χ0n) is 9.63. The molecule has 1 unspecified atom stereocenters. The predicted molar refractivity (Wildman–Crippen MR) is 56.1 cm³/mol. The molecule has 0 heterocycles. The number of alkyl halides is 1. The summed E-state index contributed by atoms with van der Waals surface area (Å²) < 4.78 is 18.4. The second-order valence-electron chi connectivity index (χ2n) is 5.29. The number of rotatable bonds is 1. The van der Waals surface area contributed by atoms with Crippen LogP contribution in [0.25, 0.3) is 0 Å². The summed E-state index contributed by atoms with van der Waals surface area (Å²) in [5, 5.41) is 0. The molecule has 0 bridgehead atoms. The molecule has 0 radical (unpaired) electrons. The van der Waals surface area contributed by atoms with Crippen LogP contribution < -0.4 is 5.73 Å². The maximum atomic E-state index is 13.2. The number of hydrogen-bond donors (Lipinski definition) is 1. The molecule has 3 atom stereocenters. The van der Waals surface area contributed by atoms with Crippen molar-refractivity contribution in [3.05, 3.63) is 0 Å². The lowest BCUT2D eigenvalue weighted by Crippen LogP contribution is -2.39. The summed E-state index contributed by atoms with van der Waals surface area (Å²) in [6.45, 7) is 5.42. The number of nitrogens with two attached hydrogens (primary N) is 1. The van der Waals surface area contributed by atoms with Crippen molar-refractivity contribution in [2.45, 2.75) is 57.8 Å². The van der Waals surface area contributed by atoms with Gasteiger partial charge in [0.15, 0.2) is 0 Å². The van der Waals surface area contributed by atoms with Gasteiger partial charge in [0.2, 0.25) is 0 Å². The van der Waals surface area contributed by atoms with Crippen LogP contribution in [0, 0.1) is 5.92 Å². The van der Waals surface area contributed by atoms with E-state index in [1.165, 1.54) is 0 Å². The molecule has 0 spiro atoms. The molecule has 4 heteroatoms. The van der Waals surface area contributed by atoms with Gasteiger partial charge in [-0.1, -0.05) is 0 Å². The van der Waals surface area contributed by atoms with E-state index in [4.69, 9.17) is 10.5 Å². The molecule has 0 aliphatic heterocycles. The average molecular weight is 217 g/mol. The van der Waals surface area contributed by atoms with Gasteiger partial charge < -0.3 is 10.5 Å². The maximum absolute atomic E-state index is 13.2. The van der Waals surface area contributed by atoms with Gasteiger partial charge >= 0.3 is 5.97 Å². The van der Waals surface area contributed by atoms with E-state index in [1.807, 2.05) is 0 Å². The van der Waals surface area contributed by atoms with Gasteiger partial charge in [0, 0.05) is 6.04 Å². The highest BCUT2D eigenvalue weighted by molar-refractivity contribution is 5.73. The second kappa shape index (κ2) is 4.47. The minimum atomic E-state index is -0.966. The number of ether oxygens (including phenoxy) is 1. The third-order valence-electron chi connectivity index (χ3n) is 2.43. The summed E-state index contributed by atoms with van der Waals surface area (Å²) >= 11 is 0. The van der Waals surface area contributed by atoms with Crippen molar-refractivity contribution in [3.8, 4) is 0 Å². The molecule has 1 fully saturated rings. The van der Waals surface area contributed by atoms with E-state index in [9.17, 15) is 9.18 Å². The molecule has 0 aromatic carbocycles. The van der Waals surface area contributed by atoms with Crippen LogP contribution in [0.5, 0.6) is 0 Å². The molecule has 0 aromatic heterocycles. The van der Waals surface area contributed by atoms with E-state index in [-0.39, 0.29) is 24.3 Å². The number of esters is 1. The lowest BCUT2D eigenvalue weighted by molar-refractivity contribution is -0.162. The van der Waals surface area contributed by atoms with Gasteiger partial charge in [-0.2, -0.15) is 0 Å². The van der Waals surface area contributed by atoms with Crippen LogP contribution in [0.1, 0.15) is 40.0 Å². The normalized spacial score (nSPS) is 32.5. The first-order valence-electron chi connectivity index (χ1n) is 5.40. The third kappa shape index (κ3) is 4.16. The molecule has 1 rings (SSSR count). The monoisotopic (exact) mass is 217 g/mol. The van der Waals surface area contributed by atoms with E-state index >= 15 is 0 Å². The first kappa shape index (κ1) is 12.4. The predicted octanol–water partition coefficient (Wildman–Crippen LogP) is 1.79.